The molecule has 2 aliphatic rings. The number of carbonyl (C=O) groups is 1. The van der Waals surface area contributed by atoms with E-state index < -0.39 is 0 Å². The Morgan fingerprint density at radius 3 is 2.27 bits per heavy atom. The molecule has 1 N–H and O–H groups in total. The molecule has 0 radical (unpaired) electrons. The average Bonchev–Trinajstić information content (AvgIpc) is 3.39. The third-order valence-electron chi connectivity index (χ3n) is 5.30. The third-order valence-corrected chi connectivity index (χ3v) is 5.30. The number of nitrogens with zero attached hydrogens (tertiary/aromatic N) is 3. The molecule has 1 amide bonds. The molecule has 1 aromatic carbocycles. The lowest BCUT2D eigenvalue weighted by Gasteiger charge is -2.36. The van der Waals surface area contributed by atoms with Crippen LogP contribution in [-0.2, 0) is 11.2 Å². The Bertz CT molecular complexity index is 607. The first kappa shape index (κ1) is 21.0. The summed E-state index contributed by atoms with van der Waals surface area (Å²) in [5.74, 6) is 1.17. The number of halogens is 1. The van der Waals surface area contributed by atoms with E-state index in [0.717, 1.165) is 51.6 Å². The number of hydrogen-bond acceptors (Lipinski definition) is 2. The quantitative estimate of drug-likeness (QED) is 0.409. The number of benzene rings is 1. The first-order valence-electron chi connectivity index (χ1n) is 9.45. The number of guanidine groups is 1. The van der Waals surface area contributed by atoms with Crippen LogP contribution in [0.3, 0.4) is 0 Å². The molecule has 6 heteroatoms. The highest BCUT2D eigenvalue weighted by Crippen LogP contribution is 2.48. The zero-order chi connectivity index (χ0) is 17.7. The highest BCUT2D eigenvalue weighted by Gasteiger charge is 2.42. The second kappa shape index (κ2) is 9.58. The van der Waals surface area contributed by atoms with Crippen molar-refractivity contribution < 1.29 is 4.79 Å². The topological polar surface area (TPSA) is 47.9 Å². The Morgan fingerprint density at radius 2 is 1.73 bits per heavy atom. The molecule has 0 unspecified atom stereocenters. The summed E-state index contributed by atoms with van der Waals surface area (Å²) in [4.78, 5) is 20.7. The van der Waals surface area contributed by atoms with E-state index in [2.05, 4.69) is 47.5 Å². The number of carbonyl (C=O) groups excluding carboxylic acids is 1. The molecule has 1 saturated carbocycles. The maximum atomic E-state index is 11.5. The molecule has 0 atom stereocenters. The number of piperazine rings is 1. The molecule has 144 valence electrons. The minimum atomic E-state index is 0. The van der Waals surface area contributed by atoms with Crippen LogP contribution in [0.15, 0.2) is 35.3 Å². The predicted octanol–water partition coefficient (Wildman–Crippen LogP) is 2.76. The number of hydrogen-bond donors (Lipinski definition) is 1. The summed E-state index contributed by atoms with van der Waals surface area (Å²) in [6.45, 7) is 8.81. The third kappa shape index (κ3) is 5.59. The number of amides is 1. The van der Waals surface area contributed by atoms with Gasteiger partial charge in [0.25, 0.3) is 0 Å². The molecule has 5 nitrogen and oxygen atoms in total. The van der Waals surface area contributed by atoms with Gasteiger partial charge in [0.05, 0.1) is 0 Å². The Kier molecular flexibility index (Phi) is 7.73. The van der Waals surface area contributed by atoms with Crippen LogP contribution in [-0.4, -0.2) is 60.9 Å². The van der Waals surface area contributed by atoms with Gasteiger partial charge in [0.2, 0.25) is 5.91 Å². The standard InChI is InChI=1S/C20H30N4O.HI/c1-3-21-19(24-13-11-23(12-14-24)17(2)25)22-16-20(9-10-20)15-18-7-5-4-6-8-18;/h4-8H,3,9-16H2,1-2H3,(H,21,22);1H. The normalized spacial score (nSPS) is 18.9. The van der Waals surface area contributed by atoms with Gasteiger partial charge in [-0.25, -0.2) is 0 Å². The van der Waals surface area contributed by atoms with Crippen LogP contribution in [0.1, 0.15) is 32.3 Å². The molecule has 1 aliphatic carbocycles. The Balaban J connectivity index is 0.00000243. The highest BCUT2D eigenvalue weighted by atomic mass is 127. The minimum Gasteiger partial charge on any atom is -0.357 e. The van der Waals surface area contributed by atoms with E-state index in [0.29, 0.717) is 5.41 Å². The summed E-state index contributed by atoms with van der Waals surface area (Å²) < 4.78 is 0. The number of aliphatic imine (C=N–C) groups is 1. The van der Waals surface area contributed by atoms with Crippen molar-refractivity contribution in [2.75, 3.05) is 39.3 Å². The van der Waals surface area contributed by atoms with Crippen LogP contribution in [0.25, 0.3) is 0 Å². The summed E-state index contributed by atoms with van der Waals surface area (Å²) >= 11 is 0. The van der Waals surface area contributed by atoms with Crippen molar-refractivity contribution in [1.29, 1.82) is 0 Å². The molecule has 3 rings (SSSR count). The van der Waals surface area contributed by atoms with Gasteiger partial charge in [-0.1, -0.05) is 30.3 Å². The van der Waals surface area contributed by atoms with E-state index in [9.17, 15) is 4.79 Å². The van der Waals surface area contributed by atoms with Gasteiger partial charge in [-0.05, 0) is 37.2 Å². The Labute approximate surface area is 174 Å². The lowest BCUT2D eigenvalue weighted by atomic mass is 9.97. The fourth-order valence-corrected chi connectivity index (χ4v) is 3.50. The summed E-state index contributed by atoms with van der Waals surface area (Å²) in [5, 5.41) is 3.43. The van der Waals surface area contributed by atoms with Gasteiger partial charge in [0.1, 0.15) is 0 Å². The van der Waals surface area contributed by atoms with Gasteiger partial charge >= 0.3 is 0 Å². The lowest BCUT2D eigenvalue weighted by molar-refractivity contribution is -0.130. The molecule has 1 aliphatic heterocycles. The monoisotopic (exact) mass is 470 g/mol. The molecule has 0 spiro atoms. The smallest absolute Gasteiger partial charge is 0.219 e. The number of nitrogens with one attached hydrogen (secondary N) is 1. The molecule has 26 heavy (non-hydrogen) atoms. The number of rotatable bonds is 5. The van der Waals surface area contributed by atoms with Crippen LogP contribution >= 0.6 is 24.0 Å². The first-order valence-corrected chi connectivity index (χ1v) is 9.45. The van der Waals surface area contributed by atoms with Crippen LogP contribution in [0.2, 0.25) is 0 Å². The van der Waals surface area contributed by atoms with E-state index >= 15 is 0 Å². The van der Waals surface area contributed by atoms with E-state index in [-0.39, 0.29) is 29.9 Å². The van der Waals surface area contributed by atoms with Crippen LogP contribution in [0.5, 0.6) is 0 Å². The molecule has 1 heterocycles. The van der Waals surface area contributed by atoms with Crippen molar-refractivity contribution >= 4 is 35.8 Å². The van der Waals surface area contributed by atoms with Gasteiger partial charge < -0.3 is 15.1 Å². The Morgan fingerprint density at radius 1 is 1.12 bits per heavy atom. The van der Waals surface area contributed by atoms with Gasteiger partial charge in [-0.2, -0.15) is 0 Å². The SMILES string of the molecule is CCNC(=NCC1(Cc2ccccc2)CC1)N1CCN(C(C)=O)CC1.I. The molecule has 1 saturated heterocycles. The van der Waals surface area contributed by atoms with Crippen LogP contribution in [0, 0.1) is 5.41 Å². The summed E-state index contributed by atoms with van der Waals surface area (Å²) in [6, 6.07) is 10.7. The highest BCUT2D eigenvalue weighted by molar-refractivity contribution is 14.0. The van der Waals surface area contributed by atoms with E-state index in [4.69, 9.17) is 4.99 Å². The maximum Gasteiger partial charge on any atom is 0.219 e. The largest absolute Gasteiger partial charge is 0.357 e. The van der Waals surface area contributed by atoms with Crippen molar-refractivity contribution in [2.45, 2.75) is 33.1 Å². The molecule has 0 bridgehead atoms. The zero-order valence-electron chi connectivity index (χ0n) is 15.9. The first-order chi connectivity index (χ1) is 12.1. The average molecular weight is 470 g/mol. The van der Waals surface area contributed by atoms with Crippen molar-refractivity contribution in [3.63, 3.8) is 0 Å². The molecular formula is C20H31IN4O. The van der Waals surface area contributed by atoms with E-state index in [1.54, 1.807) is 6.92 Å². The van der Waals surface area contributed by atoms with Crippen molar-refractivity contribution in [3.8, 4) is 0 Å². The van der Waals surface area contributed by atoms with Crippen LogP contribution in [0.4, 0.5) is 0 Å². The summed E-state index contributed by atoms with van der Waals surface area (Å²) in [6.07, 6.45) is 3.65. The Hall–Kier alpha value is -1.31. The fraction of sp³-hybridized carbons (Fsp3) is 0.600. The molecule has 2 fully saturated rings. The molecular weight excluding hydrogens is 439 g/mol. The lowest BCUT2D eigenvalue weighted by Crippen LogP contribution is -2.53. The molecule has 0 aromatic heterocycles. The van der Waals surface area contributed by atoms with Crippen LogP contribution < -0.4 is 5.32 Å². The van der Waals surface area contributed by atoms with Gasteiger partial charge in [0, 0.05) is 46.2 Å². The van der Waals surface area contributed by atoms with Crippen molar-refractivity contribution in [1.82, 2.24) is 15.1 Å². The maximum absolute atomic E-state index is 11.5. The van der Waals surface area contributed by atoms with Crippen molar-refractivity contribution in [3.05, 3.63) is 35.9 Å². The molecule has 1 aromatic rings. The van der Waals surface area contributed by atoms with Gasteiger partial charge in [-0.15, -0.1) is 24.0 Å². The van der Waals surface area contributed by atoms with E-state index in [1.165, 1.54) is 18.4 Å². The second-order valence-electron chi connectivity index (χ2n) is 7.33. The van der Waals surface area contributed by atoms with Gasteiger partial charge in [-0.3, -0.25) is 9.79 Å². The summed E-state index contributed by atoms with van der Waals surface area (Å²) in [5.41, 5.74) is 1.76. The predicted molar refractivity (Wildman–Crippen MR) is 117 cm³/mol. The zero-order valence-corrected chi connectivity index (χ0v) is 18.2. The summed E-state index contributed by atoms with van der Waals surface area (Å²) in [7, 11) is 0. The van der Waals surface area contributed by atoms with Crippen molar-refractivity contribution in [2.24, 2.45) is 10.4 Å². The second-order valence-corrected chi connectivity index (χ2v) is 7.33. The fourth-order valence-electron chi connectivity index (χ4n) is 3.50. The van der Waals surface area contributed by atoms with Gasteiger partial charge in [0.15, 0.2) is 5.96 Å². The minimum absolute atomic E-state index is 0. The van der Waals surface area contributed by atoms with E-state index in [1.807, 2.05) is 4.90 Å².